The van der Waals surface area contributed by atoms with Crippen molar-refractivity contribution in [1.82, 2.24) is 19.6 Å². The summed E-state index contributed by atoms with van der Waals surface area (Å²) in [5, 5.41) is 103. The zero-order chi connectivity index (χ0) is 34.6. The van der Waals surface area contributed by atoms with Gasteiger partial charge in [-0.25, -0.2) is 0 Å². The van der Waals surface area contributed by atoms with E-state index in [1.165, 1.54) is 0 Å². The Balaban J connectivity index is -0.0000000632. The molecular formula is C22H46Co3N4O24+6. The molecule has 0 aromatic heterocycles. The molecule has 0 aliphatic carbocycles. The number of aliphatic hydroxyl groups is 2. The molecule has 0 aliphatic rings. The minimum atomic E-state index is -1.59. The molecule has 0 amide bonds. The Labute approximate surface area is 330 Å². The quantitative estimate of drug-likeness (QED) is 0.0849. The van der Waals surface area contributed by atoms with E-state index in [9.17, 15) is 89.4 Å². The molecule has 0 rings (SSSR count). The molecule has 28 nitrogen and oxygen atoms in total. The number of aliphatic carboxylic acids is 8. The Kier molecular flexibility index (Phi) is 64.2. The molecule has 53 heavy (non-hydrogen) atoms. The average molecular weight is 927 g/mol. The number of carboxylic acid groups (broad SMARTS) is 8. The predicted octanol–water partition coefficient (Wildman–Crippen LogP) is -21.6. The van der Waals surface area contributed by atoms with Gasteiger partial charge in [0, 0.05) is 78.5 Å². The zero-order valence-corrected chi connectivity index (χ0v) is 30.4. The fourth-order valence-corrected chi connectivity index (χ4v) is 3.51. The molecule has 0 heterocycles. The first-order chi connectivity index (χ1) is 20.2. The Morgan fingerprint density at radius 2 is 0.434 bits per heavy atom. The van der Waals surface area contributed by atoms with Crippen LogP contribution in [0.3, 0.4) is 0 Å². The van der Waals surface area contributed by atoms with Crippen molar-refractivity contribution in [3.8, 4) is 0 Å². The van der Waals surface area contributed by atoms with E-state index in [4.69, 9.17) is 0 Å². The molecule has 0 saturated carbocycles. The van der Waals surface area contributed by atoms with Gasteiger partial charge in [-0.2, -0.15) is 0 Å². The SMILES string of the molecule is O=C([O-])CN(CC(=O)[O-])CC(O)CN(CC(=O)[O-])CC(=O)[O-].O=C([O-])CN(CC(=O)[O-])CC(O)CN(CC(=O)[O-])CC(=O)[O-].[Co+2].[Co+3].[Co+3].[OH3+].[OH3+].[OH3+].[OH3+].[OH3+].[OH3+]. The maximum atomic E-state index is 10.5. The van der Waals surface area contributed by atoms with Gasteiger partial charge in [0.25, 0.3) is 0 Å². The first-order valence-electron chi connectivity index (χ1n) is 12.0. The first-order valence-corrected chi connectivity index (χ1v) is 12.0. The summed E-state index contributed by atoms with van der Waals surface area (Å²) in [6.45, 7) is -8.29. The summed E-state index contributed by atoms with van der Waals surface area (Å²) in [6, 6.07) is 0. The molecule has 0 unspecified atom stereocenters. The van der Waals surface area contributed by atoms with Gasteiger partial charge >= 0.3 is 50.3 Å². The van der Waals surface area contributed by atoms with Crippen LogP contribution in [0.1, 0.15) is 0 Å². The molecule has 0 aromatic rings. The molecule has 0 aliphatic heterocycles. The number of aliphatic hydroxyl groups excluding tert-OH is 2. The van der Waals surface area contributed by atoms with E-state index in [-0.39, 0.29) is 83.2 Å². The van der Waals surface area contributed by atoms with Crippen LogP contribution in [-0.4, -0.2) is 168 Å². The van der Waals surface area contributed by atoms with Crippen molar-refractivity contribution in [3.05, 3.63) is 0 Å². The van der Waals surface area contributed by atoms with Crippen molar-refractivity contribution in [1.29, 1.82) is 0 Å². The predicted molar refractivity (Wildman–Crippen MR) is 147 cm³/mol. The summed E-state index contributed by atoms with van der Waals surface area (Å²) >= 11 is 0. The van der Waals surface area contributed by atoms with Crippen molar-refractivity contribution < 1.29 is 173 Å². The monoisotopic (exact) mass is 927 g/mol. The van der Waals surface area contributed by atoms with Gasteiger partial charge in [-0.15, -0.1) is 0 Å². The standard InChI is InChI=1S/2C11H18N2O9.3Co.6H2O/c2*14-7(1-12(3-8(15)16)4-9(17)18)2-13(5-10(19)20)6-11(21)22;;;;;;;;;/h2*7,14H,1-6H2,(H,15,16)(H,17,18)(H,19,20)(H,21,22);;;;6*1H2/q;;+2;2*+3;;;;;;/p-2. The van der Waals surface area contributed by atoms with E-state index >= 15 is 0 Å². The van der Waals surface area contributed by atoms with Gasteiger partial charge in [0.1, 0.15) is 0 Å². The Bertz CT molecular complexity index is 813. The Hall–Kier alpha value is -3.20. The molecule has 20 N–H and O–H groups in total. The largest absolute Gasteiger partial charge is 3.00 e. The number of carbonyl (C=O) groups is 8. The smallest absolute Gasteiger partial charge is 0.549 e. The summed E-state index contributed by atoms with van der Waals surface area (Å²) in [4.78, 5) is 86.8. The molecule has 1 radical (unpaired) electrons. The van der Waals surface area contributed by atoms with E-state index < -0.39 is 138 Å². The second-order valence-corrected chi connectivity index (χ2v) is 8.96. The topological polar surface area (TPSA) is 572 Å². The van der Waals surface area contributed by atoms with Crippen molar-refractivity contribution in [3.63, 3.8) is 0 Å². The number of hydrogen-bond acceptors (Lipinski definition) is 22. The number of carbonyl (C=O) groups excluding carboxylic acids is 8. The van der Waals surface area contributed by atoms with Gasteiger partial charge in [-0.1, -0.05) is 0 Å². The number of hydrogen-bond donors (Lipinski definition) is 2. The van der Waals surface area contributed by atoms with Crippen LogP contribution in [-0.2, 0) is 122 Å². The maximum absolute atomic E-state index is 10.5. The number of carboxylic acids is 8. The summed E-state index contributed by atoms with van der Waals surface area (Å²) in [5.41, 5.74) is 0. The van der Waals surface area contributed by atoms with Gasteiger partial charge in [0.05, 0.1) is 60.0 Å². The van der Waals surface area contributed by atoms with Crippen molar-refractivity contribution in [2.45, 2.75) is 12.2 Å². The molecule has 0 spiro atoms. The van der Waals surface area contributed by atoms with Gasteiger partial charge in [0.15, 0.2) is 0 Å². The molecule has 0 bridgehead atoms. The summed E-state index contributed by atoms with van der Waals surface area (Å²) in [5.74, 6) is -12.7. The molecular weight excluding hydrogens is 881 g/mol. The Morgan fingerprint density at radius 1 is 0.340 bits per heavy atom. The van der Waals surface area contributed by atoms with E-state index in [0.717, 1.165) is 19.6 Å². The van der Waals surface area contributed by atoms with Crippen LogP contribution in [0.2, 0.25) is 0 Å². The van der Waals surface area contributed by atoms with E-state index in [1.807, 2.05) is 0 Å². The molecule has 319 valence electrons. The average Bonchev–Trinajstić information content (AvgIpc) is 2.75. The van der Waals surface area contributed by atoms with Gasteiger partial charge in [0.2, 0.25) is 0 Å². The fraction of sp³-hybridized carbons (Fsp3) is 0.636. The molecule has 31 heteroatoms. The molecule has 0 atom stereocenters. The summed E-state index contributed by atoms with van der Waals surface area (Å²) < 4.78 is 0. The van der Waals surface area contributed by atoms with Crippen LogP contribution >= 0.6 is 0 Å². The van der Waals surface area contributed by atoms with Crippen molar-refractivity contribution >= 4 is 47.8 Å². The third kappa shape index (κ3) is 53.3. The fourth-order valence-electron chi connectivity index (χ4n) is 3.51. The van der Waals surface area contributed by atoms with Crippen LogP contribution in [0.4, 0.5) is 0 Å². The van der Waals surface area contributed by atoms with Gasteiger partial charge in [-0.05, 0) is 0 Å². The van der Waals surface area contributed by atoms with E-state index in [1.54, 1.807) is 0 Å². The zero-order valence-electron chi connectivity index (χ0n) is 27.3. The van der Waals surface area contributed by atoms with Gasteiger partial charge in [-0.3, -0.25) is 19.6 Å². The summed E-state index contributed by atoms with van der Waals surface area (Å²) in [6.07, 6.45) is -2.84. The van der Waals surface area contributed by atoms with E-state index in [2.05, 4.69) is 0 Å². The van der Waals surface area contributed by atoms with E-state index in [0.29, 0.717) is 0 Å². The minimum absolute atomic E-state index is 0. The van der Waals surface area contributed by atoms with Crippen LogP contribution in [0.15, 0.2) is 0 Å². The van der Waals surface area contributed by atoms with Crippen LogP contribution in [0.5, 0.6) is 0 Å². The first kappa shape index (κ1) is 78.8. The Morgan fingerprint density at radius 3 is 0.509 bits per heavy atom. The minimum Gasteiger partial charge on any atom is -0.549 e. The van der Waals surface area contributed by atoms with Gasteiger partial charge < -0.3 is 122 Å². The molecule has 0 fully saturated rings. The second kappa shape index (κ2) is 43.2. The summed E-state index contributed by atoms with van der Waals surface area (Å²) in [7, 11) is 0. The maximum Gasteiger partial charge on any atom is 3.00 e. The van der Waals surface area contributed by atoms with Crippen LogP contribution in [0.25, 0.3) is 0 Å². The molecule has 0 saturated heterocycles. The van der Waals surface area contributed by atoms with Crippen LogP contribution in [0, 0.1) is 0 Å². The third-order valence-electron chi connectivity index (χ3n) is 4.70. The number of nitrogens with zero attached hydrogens (tertiary/aromatic N) is 4. The van der Waals surface area contributed by atoms with Crippen molar-refractivity contribution in [2.75, 3.05) is 78.5 Å². The van der Waals surface area contributed by atoms with Crippen molar-refractivity contribution in [2.24, 2.45) is 0 Å². The normalized spacial score (nSPS) is 9.21. The third-order valence-corrected chi connectivity index (χ3v) is 4.70. The van der Waals surface area contributed by atoms with Crippen LogP contribution < -0.4 is 40.9 Å². The second-order valence-electron chi connectivity index (χ2n) is 8.96. The molecule has 0 aromatic carbocycles. The number of rotatable bonds is 24.